The molecule has 0 aliphatic heterocycles. The van der Waals surface area contributed by atoms with Crippen LogP contribution in [-0.2, 0) is 0 Å². The van der Waals surface area contributed by atoms with Crippen LogP contribution in [0.25, 0.3) is 0 Å². The molecule has 1 atom stereocenters. The highest BCUT2D eigenvalue weighted by molar-refractivity contribution is 6.42. The molecule has 1 rings (SSSR count). The first-order chi connectivity index (χ1) is 8.31. The average Bonchev–Trinajstić information content (AvgIpc) is 2.21. The number of hydrogen-bond acceptors (Lipinski definition) is 4. The van der Waals surface area contributed by atoms with E-state index in [1.807, 2.05) is 25.9 Å². The predicted molar refractivity (Wildman–Crippen MR) is 74.8 cm³/mol. The van der Waals surface area contributed by atoms with Crippen molar-refractivity contribution < 1.29 is 4.92 Å². The standard InChI is InChI=1S/C11H15Cl2N3O2/c1-7(6-15(2)3)14-10-4-8(12)9(13)5-11(10)16(17)18/h4-5,7,14H,6H2,1-3H3. The van der Waals surface area contributed by atoms with Gasteiger partial charge in [0.15, 0.2) is 0 Å². The van der Waals surface area contributed by atoms with E-state index in [2.05, 4.69) is 5.32 Å². The summed E-state index contributed by atoms with van der Waals surface area (Å²) in [6.45, 7) is 2.68. The van der Waals surface area contributed by atoms with Crippen LogP contribution in [0.2, 0.25) is 10.0 Å². The van der Waals surface area contributed by atoms with Gasteiger partial charge in [0, 0.05) is 18.7 Å². The molecule has 0 amide bonds. The van der Waals surface area contributed by atoms with Crippen LogP contribution in [0.5, 0.6) is 0 Å². The molecule has 1 unspecified atom stereocenters. The van der Waals surface area contributed by atoms with Crippen molar-refractivity contribution in [3.63, 3.8) is 0 Å². The van der Waals surface area contributed by atoms with Gasteiger partial charge in [-0.1, -0.05) is 23.2 Å². The number of nitro groups is 1. The maximum Gasteiger partial charge on any atom is 0.293 e. The monoisotopic (exact) mass is 291 g/mol. The van der Waals surface area contributed by atoms with Crippen LogP contribution in [0.1, 0.15) is 6.92 Å². The Morgan fingerprint density at radius 3 is 2.44 bits per heavy atom. The van der Waals surface area contributed by atoms with Crippen molar-refractivity contribution in [2.24, 2.45) is 0 Å². The molecular weight excluding hydrogens is 277 g/mol. The van der Waals surface area contributed by atoms with Crippen LogP contribution >= 0.6 is 23.2 Å². The quantitative estimate of drug-likeness (QED) is 0.668. The molecule has 1 aromatic carbocycles. The van der Waals surface area contributed by atoms with E-state index in [0.29, 0.717) is 10.7 Å². The number of benzene rings is 1. The summed E-state index contributed by atoms with van der Waals surface area (Å²) in [5, 5.41) is 14.5. The summed E-state index contributed by atoms with van der Waals surface area (Å²) in [6.07, 6.45) is 0. The molecule has 18 heavy (non-hydrogen) atoms. The molecule has 0 heterocycles. The highest BCUT2D eigenvalue weighted by Gasteiger charge is 2.18. The summed E-state index contributed by atoms with van der Waals surface area (Å²) in [7, 11) is 3.86. The molecule has 1 N–H and O–H groups in total. The van der Waals surface area contributed by atoms with E-state index in [-0.39, 0.29) is 16.8 Å². The van der Waals surface area contributed by atoms with Crippen molar-refractivity contribution in [2.75, 3.05) is 26.0 Å². The van der Waals surface area contributed by atoms with E-state index in [9.17, 15) is 10.1 Å². The molecule has 0 saturated heterocycles. The third-order valence-electron chi connectivity index (χ3n) is 2.28. The maximum atomic E-state index is 10.9. The summed E-state index contributed by atoms with van der Waals surface area (Å²) in [5.74, 6) is 0. The van der Waals surface area contributed by atoms with E-state index >= 15 is 0 Å². The second kappa shape index (κ2) is 6.22. The Kier molecular flexibility index (Phi) is 5.19. The fourth-order valence-electron chi connectivity index (χ4n) is 1.66. The van der Waals surface area contributed by atoms with E-state index in [4.69, 9.17) is 23.2 Å². The highest BCUT2D eigenvalue weighted by Crippen LogP contribution is 2.34. The second-order valence-corrected chi connectivity index (χ2v) is 5.16. The van der Waals surface area contributed by atoms with Crippen molar-refractivity contribution in [3.8, 4) is 0 Å². The van der Waals surface area contributed by atoms with Gasteiger partial charge in [-0.3, -0.25) is 10.1 Å². The van der Waals surface area contributed by atoms with Gasteiger partial charge in [-0.2, -0.15) is 0 Å². The molecule has 0 aliphatic carbocycles. The third-order valence-corrected chi connectivity index (χ3v) is 3.00. The largest absolute Gasteiger partial charge is 0.376 e. The molecule has 100 valence electrons. The Bertz CT molecular complexity index is 452. The van der Waals surface area contributed by atoms with Crippen LogP contribution in [-0.4, -0.2) is 36.5 Å². The summed E-state index contributed by atoms with van der Waals surface area (Å²) in [6, 6.07) is 2.79. The summed E-state index contributed by atoms with van der Waals surface area (Å²) in [5.41, 5.74) is 0.304. The van der Waals surface area contributed by atoms with E-state index in [1.165, 1.54) is 12.1 Å². The van der Waals surface area contributed by atoms with Crippen molar-refractivity contribution in [3.05, 3.63) is 32.3 Å². The molecule has 0 spiro atoms. The van der Waals surface area contributed by atoms with Gasteiger partial charge in [-0.05, 0) is 27.1 Å². The third kappa shape index (κ3) is 4.01. The molecule has 0 bridgehead atoms. The summed E-state index contributed by atoms with van der Waals surface area (Å²) < 4.78 is 0. The van der Waals surface area contributed by atoms with E-state index in [1.54, 1.807) is 0 Å². The lowest BCUT2D eigenvalue weighted by atomic mass is 10.2. The van der Waals surface area contributed by atoms with E-state index < -0.39 is 4.92 Å². The Morgan fingerprint density at radius 1 is 1.39 bits per heavy atom. The van der Waals surface area contributed by atoms with Gasteiger partial charge in [-0.15, -0.1) is 0 Å². The van der Waals surface area contributed by atoms with Crippen LogP contribution in [0.15, 0.2) is 12.1 Å². The predicted octanol–water partition coefficient (Wildman–Crippen LogP) is 3.26. The molecule has 7 heteroatoms. The highest BCUT2D eigenvalue weighted by atomic mass is 35.5. The zero-order valence-electron chi connectivity index (χ0n) is 10.4. The SMILES string of the molecule is CC(CN(C)C)Nc1cc(Cl)c(Cl)cc1[N+](=O)[O-]. The topological polar surface area (TPSA) is 58.4 Å². The summed E-state index contributed by atoms with van der Waals surface area (Å²) >= 11 is 11.7. The fourth-order valence-corrected chi connectivity index (χ4v) is 1.98. The number of halogens is 2. The van der Waals surface area contributed by atoms with E-state index in [0.717, 1.165) is 6.54 Å². The molecule has 0 aliphatic rings. The molecule has 1 aromatic rings. The molecule has 0 radical (unpaired) electrons. The first kappa shape index (κ1) is 15.0. The van der Waals surface area contributed by atoms with Crippen molar-refractivity contribution >= 4 is 34.6 Å². The number of nitrogens with one attached hydrogen (secondary N) is 1. The van der Waals surface area contributed by atoms with Crippen molar-refractivity contribution in [1.29, 1.82) is 0 Å². The summed E-state index contributed by atoms with van der Waals surface area (Å²) in [4.78, 5) is 12.5. The number of likely N-dealkylation sites (N-methyl/N-ethyl adjacent to an activating group) is 1. The Balaban J connectivity index is 3.00. The molecule has 0 fully saturated rings. The van der Waals surface area contributed by atoms with Crippen LogP contribution in [0.3, 0.4) is 0 Å². The Labute approximate surface area is 116 Å². The second-order valence-electron chi connectivity index (χ2n) is 4.35. The maximum absolute atomic E-state index is 10.9. The Hall–Kier alpha value is -1.04. The lowest BCUT2D eigenvalue weighted by Crippen LogP contribution is -2.29. The Morgan fingerprint density at radius 2 is 1.94 bits per heavy atom. The zero-order chi connectivity index (χ0) is 13.9. The molecule has 5 nitrogen and oxygen atoms in total. The van der Waals surface area contributed by atoms with Gasteiger partial charge in [0.05, 0.1) is 15.0 Å². The normalized spacial score (nSPS) is 12.6. The number of hydrogen-bond donors (Lipinski definition) is 1. The number of anilines is 1. The van der Waals surface area contributed by atoms with Gasteiger partial charge in [-0.25, -0.2) is 0 Å². The van der Waals surface area contributed by atoms with Crippen molar-refractivity contribution in [1.82, 2.24) is 4.90 Å². The smallest absolute Gasteiger partial charge is 0.293 e. The van der Waals surface area contributed by atoms with Gasteiger partial charge in [0.2, 0.25) is 0 Å². The molecular formula is C11H15Cl2N3O2. The van der Waals surface area contributed by atoms with Crippen LogP contribution in [0.4, 0.5) is 11.4 Å². The van der Waals surface area contributed by atoms with Gasteiger partial charge in [0.25, 0.3) is 5.69 Å². The minimum atomic E-state index is -0.479. The number of nitrogens with zero attached hydrogens (tertiary/aromatic N) is 2. The first-order valence-corrected chi connectivity index (χ1v) is 6.11. The van der Waals surface area contributed by atoms with Gasteiger partial charge >= 0.3 is 0 Å². The van der Waals surface area contributed by atoms with Gasteiger partial charge in [0.1, 0.15) is 5.69 Å². The van der Waals surface area contributed by atoms with Crippen LogP contribution < -0.4 is 5.32 Å². The molecule has 0 saturated carbocycles. The minimum absolute atomic E-state index is 0.0518. The van der Waals surface area contributed by atoms with Crippen molar-refractivity contribution in [2.45, 2.75) is 13.0 Å². The first-order valence-electron chi connectivity index (χ1n) is 5.36. The average molecular weight is 292 g/mol. The lowest BCUT2D eigenvalue weighted by molar-refractivity contribution is -0.384. The lowest BCUT2D eigenvalue weighted by Gasteiger charge is -2.19. The number of rotatable bonds is 5. The molecule has 0 aromatic heterocycles. The zero-order valence-corrected chi connectivity index (χ0v) is 11.9. The van der Waals surface area contributed by atoms with Crippen LogP contribution in [0, 0.1) is 10.1 Å². The number of nitro benzene ring substituents is 1. The fraction of sp³-hybridized carbons (Fsp3) is 0.455. The van der Waals surface area contributed by atoms with Gasteiger partial charge < -0.3 is 10.2 Å². The minimum Gasteiger partial charge on any atom is -0.376 e.